The zero-order valence-corrected chi connectivity index (χ0v) is 17.4. The van der Waals surface area contributed by atoms with Gasteiger partial charge >= 0.3 is 0 Å². The summed E-state index contributed by atoms with van der Waals surface area (Å²) < 4.78 is 33.0. The first kappa shape index (κ1) is 19.6. The second-order valence-electron chi connectivity index (χ2n) is 7.81. The molecule has 152 valence electrons. The molecule has 1 aliphatic carbocycles. The van der Waals surface area contributed by atoms with Gasteiger partial charge in [0.25, 0.3) is 0 Å². The molecule has 1 saturated heterocycles. The fourth-order valence-corrected chi connectivity index (χ4v) is 5.60. The number of hydrogen-bond acceptors (Lipinski definition) is 5. The summed E-state index contributed by atoms with van der Waals surface area (Å²) in [4.78, 5) is 2.68. The molecule has 2 heterocycles. The molecular weight excluding hydrogens is 374 g/mol. The van der Waals surface area contributed by atoms with Crippen LogP contribution in [0.25, 0.3) is 0 Å². The number of rotatable bonds is 6. The van der Waals surface area contributed by atoms with E-state index in [1.807, 2.05) is 12.1 Å². The molecule has 0 amide bonds. The maximum atomic E-state index is 13.0. The summed E-state index contributed by atoms with van der Waals surface area (Å²) in [6.45, 7) is 5.33. The van der Waals surface area contributed by atoms with E-state index in [1.165, 1.54) is 24.0 Å². The minimum Gasteiger partial charge on any atom is -0.361 e. The molecule has 0 unspecified atom stereocenters. The van der Waals surface area contributed by atoms with E-state index < -0.39 is 10.0 Å². The summed E-state index contributed by atoms with van der Waals surface area (Å²) in [6.07, 6.45) is 6.46. The Hall–Kier alpha value is -1.70. The number of hydrogen-bond donors (Lipinski definition) is 0. The molecule has 2 aliphatic rings. The summed E-state index contributed by atoms with van der Waals surface area (Å²) >= 11 is 0. The van der Waals surface area contributed by atoms with Crippen LogP contribution in [0.4, 0.5) is 0 Å². The van der Waals surface area contributed by atoms with Gasteiger partial charge in [0.2, 0.25) is 10.0 Å². The largest absolute Gasteiger partial charge is 0.361 e. The van der Waals surface area contributed by atoms with Crippen LogP contribution in [0.5, 0.6) is 0 Å². The second-order valence-corrected chi connectivity index (χ2v) is 9.75. The van der Waals surface area contributed by atoms with Gasteiger partial charge in [0, 0.05) is 44.7 Å². The Labute approximate surface area is 167 Å². The van der Waals surface area contributed by atoms with Crippen molar-refractivity contribution in [3.05, 3.63) is 46.8 Å². The van der Waals surface area contributed by atoms with Crippen molar-refractivity contribution < 1.29 is 12.9 Å². The minimum absolute atomic E-state index is 0.395. The van der Waals surface area contributed by atoms with Gasteiger partial charge in [0.05, 0.1) is 4.90 Å². The number of piperazine rings is 1. The van der Waals surface area contributed by atoms with E-state index in [4.69, 9.17) is 4.52 Å². The van der Waals surface area contributed by atoms with E-state index in [0.717, 1.165) is 56.8 Å². The summed E-state index contributed by atoms with van der Waals surface area (Å²) in [7, 11) is -3.42. The summed E-state index contributed by atoms with van der Waals surface area (Å²) in [6, 6.07) is 7.35. The van der Waals surface area contributed by atoms with Crippen LogP contribution < -0.4 is 0 Å². The van der Waals surface area contributed by atoms with E-state index in [-0.39, 0.29) is 0 Å². The fourth-order valence-electron chi connectivity index (χ4n) is 4.18. The number of sulfonamides is 1. The molecule has 1 fully saturated rings. The van der Waals surface area contributed by atoms with E-state index in [0.29, 0.717) is 18.0 Å². The Bertz CT molecular complexity index is 897. The smallest absolute Gasteiger partial charge is 0.243 e. The van der Waals surface area contributed by atoms with Crippen molar-refractivity contribution in [2.75, 3.05) is 26.2 Å². The summed E-state index contributed by atoms with van der Waals surface area (Å²) in [5.74, 6) is 1.05. The highest BCUT2D eigenvalue weighted by molar-refractivity contribution is 7.89. The Morgan fingerprint density at radius 3 is 2.46 bits per heavy atom. The first-order valence-electron chi connectivity index (χ1n) is 10.4. The van der Waals surface area contributed by atoms with Crippen molar-refractivity contribution >= 4 is 10.0 Å². The third kappa shape index (κ3) is 4.02. The molecule has 7 heteroatoms. The van der Waals surface area contributed by atoms with Gasteiger partial charge in [-0.1, -0.05) is 30.6 Å². The standard InChI is InChI=1S/C21H29N3O3S/c1-2-5-17-8-10-18(11-9-17)28(25,26)24-14-12-23(13-15-24)16-20-19-6-3-4-7-21(19)27-22-20/h8-11H,2-7,12-16H2,1H3. The first-order valence-corrected chi connectivity index (χ1v) is 11.8. The molecule has 4 rings (SSSR count). The predicted octanol–water partition coefficient (Wildman–Crippen LogP) is 3.01. The average molecular weight is 404 g/mol. The Balaban J connectivity index is 1.37. The maximum Gasteiger partial charge on any atom is 0.243 e. The van der Waals surface area contributed by atoms with E-state index >= 15 is 0 Å². The number of aromatic nitrogens is 1. The molecule has 0 atom stereocenters. The normalized spacial score (nSPS) is 18.9. The lowest BCUT2D eigenvalue weighted by atomic mass is 9.96. The van der Waals surface area contributed by atoms with Gasteiger partial charge in [-0.2, -0.15) is 4.31 Å². The monoisotopic (exact) mass is 403 g/mol. The molecule has 0 saturated carbocycles. The van der Waals surface area contributed by atoms with Crippen molar-refractivity contribution in [1.82, 2.24) is 14.4 Å². The molecule has 1 aromatic carbocycles. The minimum atomic E-state index is -3.42. The quantitative estimate of drug-likeness (QED) is 0.742. The Kier molecular flexibility index (Phi) is 5.85. The highest BCUT2D eigenvalue weighted by Gasteiger charge is 2.29. The lowest BCUT2D eigenvalue weighted by Gasteiger charge is -2.33. The fraction of sp³-hybridized carbons (Fsp3) is 0.571. The third-order valence-corrected chi connectivity index (χ3v) is 7.75. The summed E-state index contributed by atoms with van der Waals surface area (Å²) in [5, 5.41) is 4.28. The zero-order valence-electron chi connectivity index (χ0n) is 16.6. The van der Waals surface area contributed by atoms with E-state index in [1.54, 1.807) is 16.4 Å². The number of nitrogens with zero attached hydrogens (tertiary/aromatic N) is 3. The van der Waals surface area contributed by atoms with Crippen LogP contribution in [0, 0.1) is 0 Å². The molecule has 0 bridgehead atoms. The lowest BCUT2D eigenvalue weighted by Crippen LogP contribution is -2.48. The van der Waals surface area contributed by atoms with Crippen molar-refractivity contribution in [2.24, 2.45) is 0 Å². The highest BCUT2D eigenvalue weighted by atomic mass is 32.2. The van der Waals surface area contributed by atoms with Crippen LogP contribution in [0.1, 0.15) is 48.8 Å². The van der Waals surface area contributed by atoms with Crippen LogP contribution in [-0.2, 0) is 35.8 Å². The van der Waals surface area contributed by atoms with Gasteiger partial charge in [0.15, 0.2) is 0 Å². The van der Waals surface area contributed by atoms with Gasteiger partial charge in [-0.05, 0) is 43.4 Å². The molecule has 1 aromatic heterocycles. The van der Waals surface area contributed by atoms with Crippen LogP contribution in [0.2, 0.25) is 0 Å². The van der Waals surface area contributed by atoms with Crippen molar-refractivity contribution in [3.8, 4) is 0 Å². The van der Waals surface area contributed by atoms with Crippen molar-refractivity contribution in [1.29, 1.82) is 0 Å². The number of aryl methyl sites for hydroxylation is 2. The van der Waals surface area contributed by atoms with E-state index in [2.05, 4.69) is 17.0 Å². The number of benzene rings is 1. The van der Waals surface area contributed by atoms with Gasteiger partial charge < -0.3 is 4.52 Å². The second kappa shape index (κ2) is 8.35. The van der Waals surface area contributed by atoms with Crippen LogP contribution >= 0.6 is 0 Å². The molecule has 0 N–H and O–H groups in total. The first-order chi connectivity index (χ1) is 13.6. The topological polar surface area (TPSA) is 66.7 Å². The van der Waals surface area contributed by atoms with Crippen molar-refractivity contribution in [2.45, 2.75) is 56.9 Å². The van der Waals surface area contributed by atoms with Crippen LogP contribution in [0.3, 0.4) is 0 Å². The molecule has 28 heavy (non-hydrogen) atoms. The van der Waals surface area contributed by atoms with Crippen LogP contribution in [0.15, 0.2) is 33.7 Å². The predicted molar refractivity (Wildman–Crippen MR) is 108 cm³/mol. The SMILES string of the molecule is CCCc1ccc(S(=O)(=O)N2CCN(Cc3noc4c3CCCC4)CC2)cc1. The van der Waals surface area contributed by atoms with Gasteiger partial charge in [-0.25, -0.2) is 8.42 Å². The maximum absolute atomic E-state index is 13.0. The van der Waals surface area contributed by atoms with Gasteiger partial charge in [-0.15, -0.1) is 0 Å². The molecule has 0 radical (unpaired) electrons. The highest BCUT2D eigenvalue weighted by Crippen LogP contribution is 2.26. The number of fused-ring (bicyclic) bond motifs is 1. The molecular formula is C21H29N3O3S. The van der Waals surface area contributed by atoms with E-state index in [9.17, 15) is 8.42 Å². The molecule has 6 nitrogen and oxygen atoms in total. The van der Waals surface area contributed by atoms with Crippen LogP contribution in [-0.4, -0.2) is 49.0 Å². The van der Waals surface area contributed by atoms with Gasteiger partial charge in [0.1, 0.15) is 11.5 Å². The van der Waals surface area contributed by atoms with Crippen molar-refractivity contribution in [3.63, 3.8) is 0 Å². The average Bonchev–Trinajstić information content (AvgIpc) is 3.12. The summed E-state index contributed by atoms with van der Waals surface area (Å²) in [5.41, 5.74) is 3.51. The van der Waals surface area contributed by atoms with Gasteiger partial charge in [-0.3, -0.25) is 4.90 Å². The molecule has 1 aliphatic heterocycles. The third-order valence-electron chi connectivity index (χ3n) is 5.84. The lowest BCUT2D eigenvalue weighted by molar-refractivity contribution is 0.177. The Morgan fingerprint density at radius 1 is 1.04 bits per heavy atom. The molecule has 2 aromatic rings. The zero-order chi connectivity index (χ0) is 19.6. The Morgan fingerprint density at radius 2 is 1.75 bits per heavy atom. The molecule has 0 spiro atoms.